The number of hydrogen-bond acceptors (Lipinski definition) is 1. The number of nitrogens with one attached hydrogen (secondary N) is 1. The van der Waals surface area contributed by atoms with Gasteiger partial charge in [-0.15, -0.1) is 0 Å². The van der Waals surface area contributed by atoms with Gasteiger partial charge in [-0.05, 0) is 29.8 Å². The van der Waals surface area contributed by atoms with Crippen molar-refractivity contribution in [1.82, 2.24) is 4.98 Å². The minimum Gasteiger partial charge on any atom is -0.360 e. The Hall–Kier alpha value is -2.32. The number of fused-ring (bicyclic) bond motifs is 1. The molecule has 0 radical (unpaired) electrons. The number of halogens is 1. The van der Waals surface area contributed by atoms with Gasteiger partial charge in [-0.1, -0.05) is 48.0 Å². The first kappa shape index (κ1) is 12.7. The second kappa shape index (κ2) is 5.35. The molecular formula is C17H12ClNO. The van der Waals surface area contributed by atoms with Crippen LogP contribution in [0.15, 0.2) is 60.8 Å². The van der Waals surface area contributed by atoms with Crippen molar-refractivity contribution in [2.45, 2.75) is 0 Å². The zero-order valence-electron chi connectivity index (χ0n) is 10.6. The number of rotatable bonds is 3. The first-order valence-electron chi connectivity index (χ1n) is 6.28. The van der Waals surface area contributed by atoms with Crippen LogP contribution in [0.1, 0.15) is 15.9 Å². The van der Waals surface area contributed by atoms with E-state index in [0.29, 0.717) is 10.6 Å². The number of allylic oxidation sites excluding steroid dienone is 1. The van der Waals surface area contributed by atoms with E-state index in [-0.39, 0.29) is 5.78 Å². The van der Waals surface area contributed by atoms with E-state index in [2.05, 4.69) is 4.98 Å². The summed E-state index contributed by atoms with van der Waals surface area (Å²) in [4.78, 5) is 15.3. The number of para-hydroxylation sites is 1. The molecule has 0 fully saturated rings. The predicted molar refractivity (Wildman–Crippen MR) is 83.1 cm³/mol. The Morgan fingerprint density at radius 2 is 1.80 bits per heavy atom. The standard InChI is InChI=1S/C17H12ClNO/c18-13-8-5-12(6-9-13)7-10-17(20)15-11-19-16-4-2-1-3-14(15)16/h1-11,19H/b10-7+. The molecule has 0 aliphatic rings. The quantitative estimate of drug-likeness (QED) is 0.547. The normalized spacial score (nSPS) is 11.2. The lowest BCUT2D eigenvalue weighted by Crippen LogP contribution is -1.91. The van der Waals surface area contributed by atoms with Crippen LogP contribution >= 0.6 is 11.6 Å². The lowest BCUT2D eigenvalue weighted by Gasteiger charge is -1.95. The van der Waals surface area contributed by atoms with Crippen molar-refractivity contribution in [2.24, 2.45) is 0 Å². The highest BCUT2D eigenvalue weighted by molar-refractivity contribution is 6.30. The van der Waals surface area contributed by atoms with Crippen LogP contribution in [0.3, 0.4) is 0 Å². The van der Waals surface area contributed by atoms with Gasteiger partial charge in [0.15, 0.2) is 5.78 Å². The molecule has 0 amide bonds. The summed E-state index contributed by atoms with van der Waals surface area (Å²) in [5.74, 6) is -0.0163. The number of hydrogen-bond donors (Lipinski definition) is 1. The molecule has 98 valence electrons. The maximum absolute atomic E-state index is 12.2. The molecule has 0 saturated carbocycles. The van der Waals surface area contributed by atoms with Crippen molar-refractivity contribution in [3.8, 4) is 0 Å². The maximum Gasteiger partial charge on any atom is 0.187 e. The van der Waals surface area contributed by atoms with Crippen LogP contribution in [-0.4, -0.2) is 10.8 Å². The molecule has 0 unspecified atom stereocenters. The van der Waals surface area contributed by atoms with Crippen LogP contribution < -0.4 is 0 Å². The first-order chi connectivity index (χ1) is 9.74. The van der Waals surface area contributed by atoms with Crippen LogP contribution in [-0.2, 0) is 0 Å². The Morgan fingerprint density at radius 1 is 1.05 bits per heavy atom. The minimum absolute atomic E-state index is 0.0163. The van der Waals surface area contributed by atoms with Gasteiger partial charge < -0.3 is 4.98 Å². The molecule has 3 rings (SSSR count). The number of H-pyrrole nitrogens is 1. The molecule has 1 N–H and O–H groups in total. The maximum atomic E-state index is 12.2. The summed E-state index contributed by atoms with van der Waals surface area (Å²) in [6, 6.07) is 15.1. The highest BCUT2D eigenvalue weighted by Gasteiger charge is 2.08. The fourth-order valence-corrected chi connectivity index (χ4v) is 2.24. The molecule has 0 atom stereocenters. The van der Waals surface area contributed by atoms with E-state index >= 15 is 0 Å². The molecule has 0 aliphatic carbocycles. The van der Waals surface area contributed by atoms with E-state index in [1.165, 1.54) is 0 Å². The van der Waals surface area contributed by atoms with Gasteiger partial charge >= 0.3 is 0 Å². The average molecular weight is 282 g/mol. The molecule has 0 bridgehead atoms. The molecule has 0 saturated heterocycles. The topological polar surface area (TPSA) is 32.9 Å². The zero-order valence-corrected chi connectivity index (χ0v) is 11.4. The molecule has 0 spiro atoms. The van der Waals surface area contributed by atoms with Crippen molar-refractivity contribution < 1.29 is 4.79 Å². The SMILES string of the molecule is O=C(/C=C/c1ccc(Cl)cc1)c1c[nH]c2ccccc12. The summed E-state index contributed by atoms with van der Waals surface area (Å²) in [5, 5.41) is 1.63. The Bertz CT molecular complexity index is 784. The molecular weight excluding hydrogens is 270 g/mol. The van der Waals surface area contributed by atoms with E-state index in [1.807, 2.05) is 36.4 Å². The number of aromatic amines is 1. The Balaban J connectivity index is 1.87. The number of aromatic nitrogens is 1. The largest absolute Gasteiger partial charge is 0.360 e. The van der Waals surface area contributed by atoms with Gasteiger partial charge in [-0.3, -0.25) is 4.79 Å². The van der Waals surface area contributed by atoms with E-state index < -0.39 is 0 Å². The van der Waals surface area contributed by atoms with Crippen LogP contribution in [0.5, 0.6) is 0 Å². The second-order valence-corrected chi connectivity index (χ2v) is 4.93. The van der Waals surface area contributed by atoms with Crippen molar-refractivity contribution in [1.29, 1.82) is 0 Å². The summed E-state index contributed by atoms with van der Waals surface area (Å²) in [5.41, 5.74) is 2.60. The Kier molecular flexibility index (Phi) is 3.40. The third kappa shape index (κ3) is 2.51. The fraction of sp³-hybridized carbons (Fsp3) is 0. The van der Waals surface area contributed by atoms with E-state index in [0.717, 1.165) is 16.5 Å². The lowest BCUT2D eigenvalue weighted by atomic mass is 10.1. The van der Waals surface area contributed by atoms with Crippen molar-refractivity contribution >= 4 is 34.4 Å². The van der Waals surface area contributed by atoms with Gasteiger partial charge in [0.05, 0.1) is 0 Å². The average Bonchev–Trinajstić information content (AvgIpc) is 2.90. The first-order valence-corrected chi connectivity index (χ1v) is 6.66. The highest BCUT2D eigenvalue weighted by Crippen LogP contribution is 2.19. The van der Waals surface area contributed by atoms with Gasteiger partial charge in [0.1, 0.15) is 0 Å². The Labute approximate surface area is 121 Å². The monoisotopic (exact) mass is 281 g/mol. The number of ketones is 1. The molecule has 3 heteroatoms. The molecule has 20 heavy (non-hydrogen) atoms. The number of carbonyl (C=O) groups excluding carboxylic acids is 1. The Morgan fingerprint density at radius 3 is 2.60 bits per heavy atom. The molecule has 3 aromatic rings. The van der Waals surface area contributed by atoms with Crippen molar-refractivity contribution in [2.75, 3.05) is 0 Å². The summed E-state index contributed by atoms with van der Waals surface area (Å²) < 4.78 is 0. The van der Waals surface area contributed by atoms with Crippen LogP contribution in [0, 0.1) is 0 Å². The van der Waals surface area contributed by atoms with Gasteiger partial charge in [-0.25, -0.2) is 0 Å². The minimum atomic E-state index is -0.0163. The summed E-state index contributed by atoms with van der Waals surface area (Å²) in [7, 11) is 0. The molecule has 1 heterocycles. The van der Waals surface area contributed by atoms with Crippen LogP contribution in [0.2, 0.25) is 5.02 Å². The molecule has 2 nitrogen and oxygen atoms in total. The number of benzene rings is 2. The third-order valence-corrected chi connectivity index (χ3v) is 3.40. The predicted octanol–water partition coefficient (Wildman–Crippen LogP) is 4.72. The van der Waals surface area contributed by atoms with E-state index in [4.69, 9.17) is 11.6 Å². The second-order valence-electron chi connectivity index (χ2n) is 4.50. The van der Waals surface area contributed by atoms with Crippen LogP contribution in [0.4, 0.5) is 0 Å². The lowest BCUT2D eigenvalue weighted by molar-refractivity contribution is 0.104. The summed E-state index contributed by atoms with van der Waals surface area (Å²) >= 11 is 5.83. The van der Waals surface area contributed by atoms with E-state index in [1.54, 1.807) is 30.5 Å². The number of carbonyl (C=O) groups is 1. The smallest absolute Gasteiger partial charge is 0.187 e. The summed E-state index contributed by atoms with van der Waals surface area (Å²) in [6.07, 6.45) is 5.12. The van der Waals surface area contributed by atoms with Gasteiger partial charge in [0.2, 0.25) is 0 Å². The van der Waals surface area contributed by atoms with Gasteiger partial charge in [-0.2, -0.15) is 0 Å². The van der Waals surface area contributed by atoms with Gasteiger partial charge in [0.25, 0.3) is 0 Å². The van der Waals surface area contributed by atoms with E-state index in [9.17, 15) is 4.79 Å². The molecule has 1 aromatic heterocycles. The van der Waals surface area contributed by atoms with Crippen molar-refractivity contribution in [3.05, 3.63) is 77.0 Å². The molecule has 2 aromatic carbocycles. The highest BCUT2D eigenvalue weighted by atomic mass is 35.5. The van der Waals surface area contributed by atoms with Crippen LogP contribution in [0.25, 0.3) is 17.0 Å². The third-order valence-electron chi connectivity index (χ3n) is 3.15. The summed E-state index contributed by atoms with van der Waals surface area (Å²) in [6.45, 7) is 0. The zero-order chi connectivity index (χ0) is 13.9. The van der Waals surface area contributed by atoms with Crippen molar-refractivity contribution in [3.63, 3.8) is 0 Å². The van der Waals surface area contributed by atoms with Gasteiger partial charge in [0, 0.05) is 27.7 Å². The molecule has 0 aliphatic heterocycles. The fourth-order valence-electron chi connectivity index (χ4n) is 2.11.